The molecule has 1 N–H and O–H groups in total. The van der Waals surface area contributed by atoms with E-state index in [9.17, 15) is 4.79 Å². The molecular weight excluding hydrogens is 254 g/mol. The maximum Gasteiger partial charge on any atom is 0.328 e. The number of H-pyrrole nitrogens is 1. The molecule has 0 aliphatic rings. The van der Waals surface area contributed by atoms with Gasteiger partial charge >= 0.3 is 5.69 Å². The Kier molecular flexibility index (Phi) is 3.01. The largest absolute Gasteiger partial charge is 0.328 e. The van der Waals surface area contributed by atoms with Crippen molar-refractivity contribution in [2.24, 2.45) is 0 Å². The van der Waals surface area contributed by atoms with Crippen LogP contribution in [0.3, 0.4) is 0 Å². The van der Waals surface area contributed by atoms with Gasteiger partial charge in [0.2, 0.25) is 0 Å². The minimum Gasteiger partial charge on any atom is -0.289 e. The van der Waals surface area contributed by atoms with Crippen LogP contribution in [0.2, 0.25) is 0 Å². The number of aromatic nitrogens is 4. The summed E-state index contributed by atoms with van der Waals surface area (Å²) in [6.07, 6.45) is 2.06. The summed E-state index contributed by atoms with van der Waals surface area (Å²) in [4.78, 5) is 22.7. The van der Waals surface area contributed by atoms with Gasteiger partial charge in [-0.1, -0.05) is 30.3 Å². The normalized spacial score (nSPS) is 10.6. The summed E-state index contributed by atoms with van der Waals surface area (Å²) in [5, 5.41) is 8.85. The van der Waals surface area contributed by atoms with Gasteiger partial charge in [0, 0.05) is 6.54 Å². The van der Waals surface area contributed by atoms with E-state index in [0.717, 1.165) is 5.56 Å². The molecule has 0 saturated carbocycles. The number of fused-ring (bicyclic) bond motifs is 1. The Balaban J connectivity index is 1.97. The molecule has 0 atom stereocenters. The van der Waals surface area contributed by atoms with Gasteiger partial charge < -0.3 is 0 Å². The highest BCUT2D eigenvalue weighted by Crippen LogP contribution is 2.07. The summed E-state index contributed by atoms with van der Waals surface area (Å²) in [6.45, 7) is 0.492. The summed E-state index contributed by atoms with van der Waals surface area (Å²) in [5.74, 6) is 0. The molecule has 1 aromatic carbocycles. The monoisotopic (exact) mass is 265 g/mol. The number of aryl methyl sites for hydroxylation is 2. The van der Waals surface area contributed by atoms with Gasteiger partial charge in [0.15, 0.2) is 17.0 Å². The smallest absolute Gasteiger partial charge is 0.289 e. The average Bonchev–Trinajstić information content (AvgIpc) is 2.80. The lowest BCUT2D eigenvalue weighted by Gasteiger charge is -2.02. The second-order valence-electron chi connectivity index (χ2n) is 4.36. The van der Waals surface area contributed by atoms with Crippen molar-refractivity contribution in [2.45, 2.75) is 13.0 Å². The number of benzene rings is 1. The van der Waals surface area contributed by atoms with Gasteiger partial charge in [-0.05, 0) is 12.0 Å². The molecule has 3 rings (SSSR count). The van der Waals surface area contributed by atoms with E-state index in [-0.39, 0.29) is 11.4 Å². The molecule has 2 heterocycles. The molecule has 3 aromatic rings. The van der Waals surface area contributed by atoms with Crippen molar-refractivity contribution in [3.63, 3.8) is 0 Å². The van der Waals surface area contributed by atoms with Crippen molar-refractivity contribution in [1.82, 2.24) is 19.5 Å². The first kappa shape index (κ1) is 12.1. The molecule has 98 valence electrons. The van der Waals surface area contributed by atoms with Gasteiger partial charge in [-0.15, -0.1) is 0 Å². The van der Waals surface area contributed by atoms with E-state index in [1.807, 2.05) is 36.4 Å². The van der Waals surface area contributed by atoms with Crippen molar-refractivity contribution in [2.75, 3.05) is 0 Å². The predicted molar refractivity (Wildman–Crippen MR) is 73.0 cm³/mol. The van der Waals surface area contributed by atoms with Crippen molar-refractivity contribution in [3.8, 4) is 6.07 Å². The van der Waals surface area contributed by atoms with Gasteiger partial charge in [0.05, 0.1) is 6.20 Å². The van der Waals surface area contributed by atoms with Crippen LogP contribution in [0.5, 0.6) is 0 Å². The third-order valence-electron chi connectivity index (χ3n) is 3.06. The SMILES string of the molecule is N#Cc1cnc2[nH]c(=O)n(CCc3ccccc3)c2n1. The summed E-state index contributed by atoms with van der Waals surface area (Å²) < 4.78 is 1.51. The first-order valence-corrected chi connectivity index (χ1v) is 6.17. The average molecular weight is 265 g/mol. The van der Waals surface area contributed by atoms with Crippen LogP contribution in [-0.4, -0.2) is 19.5 Å². The Morgan fingerprint density at radius 3 is 2.85 bits per heavy atom. The Bertz CT molecular complexity index is 841. The molecular formula is C14H11N5O. The lowest BCUT2D eigenvalue weighted by atomic mass is 10.1. The summed E-state index contributed by atoms with van der Waals surface area (Å²) in [5.41, 5.74) is 1.90. The molecule has 2 aromatic heterocycles. The Morgan fingerprint density at radius 1 is 1.30 bits per heavy atom. The maximum atomic E-state index is 11.9. The Hall–Kier alpha value is -2.94. The predicted octanol–water partition coefficient (Wildman–Crippen LogP) is 1.23. The highest BCUT2D eigenvalue weighted by atomic mass is 16.1. The molecule has 0 aliphatic heterocycles. The molecule has 0 radical (unpaired) electrons. The van der Waals surface area contributed by atoms with Gasteiger partial charge in [-0.25, -0.2) is 14.8 Å². The standard InChI is InChI=1S/C14H11N5O/c15-8-11-9-16-12-13(17-11)19(14(20)18-12)7-6-10-4-2-1-3-5-10/h1-5,9H,6-7H2,(H,16,18,20). The van der Waals surface area contributed by atoms with Crippen LogP contribution >= 0.6 is 0 Å². The van der Waals surface area contributed by atoms with E-state index >= 15 is 0 Å². The number of imidazole rings is 1. The van der Waals surface area contributed by atoms with E-state index in [1.54, 1.807) is 0 Å². The van der Waals surface area contributed by atoms with Crippen LogP contribution in [-0.2, 0) is 13.0 Å². The second kappa shape index (κ2) is 4.97. The van der Waals surface area contributed by atoms with Crippen molar-refractivity contribution < 1.29 is 0 Å². The molecule has 0 saturated heterocycles. The third kappa shape index (κ3) is 2.17. The zero-order valence-electron chi connectivity index (χ0n) is 10.6. The van der Waals surface area contributed by atoms with Gasteiger partial charge in [-0.3, -0.25) is 9.55 Å². The number of nitrogens with zero attached hydrogens (tertiary/aromatic N) is 4. The highest BCUT2D eigenvalue weighted by Gasteiger charge is 2.10. The molecule has 6 nitrogen and oxygen atoms in total. The minimum atomic E-state index is -0.258. The molecule has 0 aliphatic carbocycles. The summed E-state index contributed by atoms with van der Waals surface area (Å²) in [6, 6.07) is 11.8. The first-order chi connectivity index (χ1) is 9.78. The van der Waals surface area contributed by atoms with Gasteiger partial charge in [-0.2, -0.15) is 5.26 Å². The van der Waals surface area contributed by atoms with Crippen LogP contribution in [0.25, 0.3) is 11.3 Å². The molecule has 0 bridgehead atoms. The highest BCUT2D eigenvalue weighted by molar-refractivity contribution is 5.65. The van der Waals surface area contributed by atoms with Gasteiger partial charge in [0.25, 0.3) is 0 Å². The molecule has 0 amide bonds. The minimum absolute atomic E-state index is 0.199. The first-order valence-electron chi connectivity index (χ1n) is 6.17. The number of rotatable bonds is 3. The topological polar surface area (TPSA) is 87.4 Å². The maximum absolute atomic E-state index is 11.9. The number of nitriles is 1. The van der Waals surface area contributed by atoms with Crippen molar-refractivity contribution >= 4 is 11.3 Å². The van der Waals surface area contributed by atoms with E-state index in [1.165, 1.54) is 10.8 Å². The lowest BCUT2D eigenvalue weighted by molar-refractivity contribution is 0.685. The quantitative estimate of drug-likeness (QED) is 0.771. The lowest BCUT2D eigenvalue weighted by Crippen LogP contribution is -2.18. The molecule has 0 spiro atoms. The molecule has 20 heavy (non-hydrogen) atoms. The van der Waals surface area contributed by atoms with E-state index < -0.39 is 0 Å². The fraction of sp³-hybridized carbons (Fsp3) is 0.143. The molecule has 0 fully saturated rings. The third-order valence-corrected chi connectivity index (χ3v) is 3.06. The number of hydrogen-bond acceptors (Lipinski definition) is 4. The number of aromatic amines is 1. The van der Waals surface area contributed by atoms with Crippen LogP contribution < -0.4 is 5.69 Å². The molecule has 6 heteroatoms. The second-order valence-corrected chi connectivity index (χ2v) is 4.36. The zero-order chi connectivity index (χ0) is 13.9. The zero-order valence-corrected chi connectivity index (χ0v) is 10.6. The van der Waals surface area contributed by atoms with E-state index in [2.05, 4.69) is 15.0 Å². The van der Waals surface area contributed by atoms with E-state index in [4.69, 9.17) is 5.26 Å². The fourth-order valence-corrected chi connectivity index (χ4v) is 2.07. The van der Waals surface area contributed by atoms with Crippen LogP contribution in [0.15, 0.2) is 41.3 Å². The van der Waals surface area contributed by atoms with E-state index in [0.29, 0.717) is 24.3 Å². The molecule has 0 unspecified atom stereocenters. The fourth-order valence-electron chi connectivity index (χ4n) is 2.07. The van der Waals surface area contributed by atoms with Gasteiger partial charge in [0.1, 0.15) is 6.07 Å². The Labute approximate surface area is 114 Å². The number of nitrogens with one attached hydrogen (secondary N) is 1. The van der Waals surface area contributed by atoms with Crippen LogP contribution in [0.1, 0.15) is 11.3 Å². The van der Waals surface area contributed by atoms with Crippen molar-refractivity contribution in [1.29, 1.82) is 5.26 Å². The summed E-state index contributed by atoms with van der Waals surface area (Å²) >= 11 is 0. The Morgan fingerprint density at radius 2 is 2.10 bits per heavy atom. The summed E-state index contributed by atoms with van der Waals surface area (Å²) in [7, 11) is 0. The van der Waals surface area contributed by atoms with Crippen molar-refractivity contribution in [3.05, 3.63) is 58.3 Å². The van der Waals surface area contributed by atoms with Crippen LogP contribution in [0.4, 0.5) is 0 Å². The van der Waals surface area contributed by atoms with Crippen LogP contribution in [0, 0.1) is 11.3 Å². The number of hydrogen-bond donors (Lipinski definition) is 1.